The summed E-state index contributed by atoms with van der Waals surface area (Å²) in [6, 6.07) is 15.2. The summed E-state index contributed by atoms with van der Waals surface area (Å²) in [5, 5.41) is 0. The minimum Gasteiger partial charge on any atom is -0.494 e. The van der Waals surface area contributed by atoms with E-state index in [9.17, 15) is 4.79 Å². The summed E-state index contributed by atoms with van der Waals surface area (Å²) in [5.41, 5.74) is 3.40. The fraction of sp³-hybridized carbons (Fsp3) is 0.273. The van der Waals surface area contributed by atoms with Gasteiger partial charge in [-0.25, -0.2) is 9.78 Å². The summed E-state index contributed by atoms with van der Waals surface area (Å²) in [4.78, 5) is 19.3. The first-order valence-electron chi connectivity index (χ1n) is 9.18. The number of rotatable bonds is 8. The van der Waals surface area contributed by atoms with Gasteiger partial charge in [-0.2, -0.15) is 0 Å². The van der Waals surface area contributed by atoms with E-state index < -0.39 is 0 Å². The molecular formula is C22H24N2O3. The van der Waals surface area contributed by atoms with Gasteiger partial charge < -0.3 is 14.5 Å². The molecule has 1 N–H and O–H groups in total. The minimum absolute atomic E-state index is 0.348. The number of unbranched alkanes of at least 4 members (excludes halogenated alkanes) is 2. The number of methoxy groups -OCH3 is 1. The molecule has 5 nitrogen and oxygen atoms in total. The molecule has 5 heteroatoms. The van der Waals surface area contributed by atoms with Crippen LogP contribution in [0.4, 0.5) is 0 Å². The number of esters is 1. The van der Waals surface area contributed by atoms with Crippen LogP contribution in [0.15, 0.2) is 54.7 Å². The Hall–Kier alpha value is -3.08. The fourth-order valence-electron chi connectivity index (χ4n) is 2.77. The van der Waals surface area contributed by atoms with E-state index in [4.69, 9.17) is 9.47 Å². The van der Waals surface area contributed by atoms with Crippen LogP contribution < -0.4 is 4.74 Å². The zero-order chi connectivity index (χ0) is 19.1. The Bertz CT molecular complexity index is 867. The van der Waals surface area contributed by atoms with E-state index in [2.05, 4.69) is 16.9 Å². The molecule has 3 rings (SSSR count). The zero-order valence-corrected chi connectivity index (χ0v) is 15.7. The third-order valence-electron chi connectivity index (χ3n) is 4.34. The van der Waals surface area contributed by atoms with Gasteiger partial charge in [0.25, 0.3) is 0 Å². The highest BCUT2D eigenvalue weighted by Crippen LogP contribution is 2.24. The van der Waals surface area contributed by atoms with Crippen LogP contribution in [0.3, 0.4) is 0 Å². The van der Waals surface area contributed by atoms with Gasteiger partial charge in [0.05, 0.1) is 31.2 Å². The number of aromatic amines is 1. The lowest BCUT2D eigenvalue weighted by Crippen LogP contribution is -2.00. The second-order valence-corrected chi connectivity index (χ2v) is 6.29. The smallest absolute Gasteiger partial charge is 0.337 e. The van der Waals surface area contributed by atoms with Crippen LogP contribution in [0.5, 0.6) is 5.75 Å². The van der Waals surface area contributed by atoms with E-state index in [1.165, 1.54) is 20.0 Å². The highest BCUT2D eigenvalue weighted by atomic mass is 16.5. The number of hydrogen-bond acceptors (Lipinski definition) is 4. The van der Waals surface area contributed by atoms with Crippen LogP contribution in [0, 0.1) is 0 Å². The number of carbonyl (C=O) groups is 1. The van der Waals surface area contributed by atoms with Gasteiger partial charge in [0.1, 0.15) is 11.6 Å². The summed E-state index contributed by atoms with van der Waals surface area (Å²) >= 11 is 0. The van der Waals surface area contributed by atoms with E-state index in [0.29, 0.717) is 5.56 Å². The number of H-pyrrole nitrogens is 1. The summed E-state index contributed by atoms with van der Waals surface area (Å²) in [6.45, 7) is 2.93. The van der Waals surface area contributed by atoms with Gasteiger partial charge in [-0.05, 0) is 48.4 Å². The van der Waals surface area contributed by atoms with Crippen molar-refractivity contribution in [3.05, 3.63) is 60.3 Å². The second kappa shape index (κ2) is 9.03. The Labute approximate surface area is 159 Å². The Morgan fingerprint density at radius 1 is 1.00 bits per heavy atom. The maximum absolute atomic E-state index is 11.5. The Kier molecular flexibility index (Phi) is 6.26. The molecule has 0 radical (unpaired) electrons. The molecule has 0 saturated carbocycles. The van der Waals surface area contributed by atoms with Gasteiger partial charge >= 0.3 is 5.97 Å². The molecule has 0 fully saturated rings. The lowest BCUT2D eigenvalue weighted by Gasteiger charge is -2.06. The van der Waals surface area contributed by atoms with Crippen molar-refractivity contribution in [3.8, 4) is 28.4 Å². The van der Waals surface area contributed by atoms with E-state index in [1.54, 1.807) is 18.3 Å². The number of nitrogens with zero attached hydrogens (tertiary/aromatic N) is 1. The van der Waals surface area contributed by atoms with Crippen LogP contribution in [-0.2, 0) is 4.74 Å². The van der Waals surface area contributed by atoms with E-state index in [-0.39, 0.29) is 5.97 Å². The average Bonchev–Trinajstić information content (AvgIpc) is 3.21. The third kappa shape index (κ3) is 4.76. The molecule has 140 valence electrons. The summed E-state index contributed by atoms with van der Waals surface area (Å²) in [6.07, 6.45) is 5.27. The average molecular weight is 364 g/mol. The predicted octanol–water partition coefficient (Wildman–Crippen LogP) is 5.10. The lowest BCUT2D eigenvalue weighted by atomic mass is 10.1. The molecule has 0 amide bonds. The molecule has 0 saturated heterocycles. The van der Waals surface area contributed by atoms with Crippen LogP contribution in [0.2, 0.25) is 0 Å². The molecule has 0 spiro atoms. The summed E-state index contributed by atoms with van der Waals surface area (Å²) < 4.78 is 10.5. The van der Waals surface area contributed by atoms with Crippen LogP contribution in [0.25, 0.3) is 22.6 Å². The largest absolute Gasteiger partial charge is 0.494 e. The molecule has 0 unspecified atom stereocenters. The van der Waals surface area contributed by atoms with Crippen LogP contribution in [0.1, 0.15) is 36.5 Å². The van der Waals surface area contributed by atoms with E-state index in [1.807, 2.05) is 36.4 Å². The second-order valence-electron chi connectivity index (χ2n) is 6.29. The molecule has 0 bridgehead atoms. The van der Waals surface area contributed by atoms with Crippen molar-refractivity contribution in [2.45, 2.75) is 26.2 Å². The molecule has 1 heterocycles. The predicted molar refractivity (Wildman–Crippen MR) is 106 cm³/mol. The van der Waals surface area contributed by atoms with Crippen molar-refractivity contribution in [1.82, 2.24) is 9.97 Å². The fourth-order valence-corrected chi connectivity index (χ4v) is 2.77. The van der Waals surface area contributed by atoms with Gasteiger partial charge in [-0.3, -0.25) is 0 Å². The molecule has 0 aliphatic carbocycles. The van der Waals surface area contributed by atoms with Gasteiger partial charge in [-0.15, -0.1) is 0 Å². The number of benzene rings is 2. The first-order chi connectivity index (χ1) is 13.2. The first-order valence-corrected chi connectivity index (χ1v) is 9.18. The molecular weight excluding hydrogens is 340 g/mol. The van der Waals surface area contributed by atoms with Crippen molar-refractivity contribution in [2.75, 3.05) is 13.7 Å². The maximum atomic E-state index is 11.5. The zero-order valence-electron chi connectivity index (χ0n) is 15.7. The van der Waals surface area contributed by atoms with Gasteiger partial charge in [0.2, 0.25) is 0 Å². The standard InChI is InChI=1S/C22H24N2O3/c1-3-4-5-14-27-19-12-10-16(11-13-19)20-15-23-21(24-20)17-6-8-18(9-7-17)22(25)26-2/h6-13,15H,3-5,14H2,1-2H3,(H,23,24). The van der Waals surface area contributed by atoms with Gasteiger partial charge in [-0.1, -0.05) is 31.9 Å². The number of hydrogen-bond donors (Lipinski definition) is 1. The van der Waals surface area contributed by atoms with E-state index >= 15 is 0 Å². The van der Waals surface area contributed by atoms with Crippen molar-refractivity contribution in [1.29, 1.82) is 0 Å². The van der Waals surface area contributed by atoms with Crippen molar-refractivity contribution >= 4 is 5.97 Å². The highest BCUT2D eigenvalue weighted by molar-refractivity contribution is 5.89. The molecule has 0 atom stereocenters. The normalized spacial score (nSPS) is 10.6. The number of imidazole rings is 1. The molecule has 1 aromatic heterocycles. The molecule has 3 aromatic rings. The Morgan fingerprint density at radius 3 is 2.37 bits per heavy atom. The maximum Gasteiger partial charge on any atom is 0.337 e. The Morgan fingerprint density at radius 2 is 1.70 bits per heavy atom. The molecule has 0 aliphatic heterocycles. The molecule has 2 aromatic carbocycles. The number of ether oxygens (including phenoxy) is 2. The SMILES string of the molecule is CCCCCOc1ccc(-c2cnc(-c3ccc(C(=O)OC)cc3)[nH]2)cc1. The number of aromatic nitrogens is 2. The monoisotopic (exact) mass is 364 g/mol. The first kappa shape index (κ1) is 18.7. The third-order valence-corrected chi connectivity index (χ3v) is 4.34. The Balaban J connectivity index is 1.67. The molecule has 0 aliphatic rings. The van der Waals surface area contributed by atoms with Crippen molar-refractivity contribution in [2.24, 2.45) is 0 Å². The lowest BCUT2D eigenvalue weighted by molar-refractivity contribution is 0.0601. The van der Waals surface area contributed by atoms with Crippen molar-refractivity contribution in [3.63, 3.8) is 0 Å². The number of carbonyl (C=O) groups excluding carboxylic acids is 1. The minimum atomic E-state index is -0.348. The number of nitrogens with one attached hydrogen (secondary N) is 1. The topological polar surface area (TPSA) is 64.2 Å². The van der Waals surface area contributed by atoms with Crippen LogP contribution >= 0.6 is 0 Å². The van der Waals surface area contributed by atoms with Gasteiger partial charge in [0.15, 0.2) is 0 Å². The summed E-state index contributed by atoms with van der Waals surface area (Å²) in [7, 11) is 1.37. The summed E-state index contributed by atoms with van der Waals surface area (Å²) in [5.74, 6) is 1.29. The highest BCUT2D eigenvalue weighted by Gasteiger charge is 2.08. The van der Waals surface area contributed by atoms with Gasteiger partial charge in [0, 0.05) is 5.56 Å². The van der Waals surface area contributed by atoms with Crippen LogP contribution in [-0.4, -0.2) is 29.7 Å². The van der Waals surface area contributed by atoms with E-state index in [0.717, 1.165) is 41.4 Å². The molecule has 27 heavy (non-hydrogen) atoms. The van der Waals surface area contributed by atoms with Crippen molar-refractivity contribution < 1.29 is 14.3 Å². The quantitative estimate of drug-likeness (QED) is 0.446.